The number of carbonyl (C=O) groups is 2. The number of ether oxygens (including phenoxy) is 1. The minimum Gasteiger partial charge on any atom is -0.490 e. The lowest BCUT2D eigenvalue weighted by Crippen LogP contribution is -2.40. The monoisotopic (exact) mass is 346 g/mol. The Kier molecular flexibility index (Phi) is 6.01. The van der Waals surface area contributed by atoms with Gasteiger partial charge in [-0.25, -0.2) is 4.98 Å². The van der Waals surface area contributed by atoms with Gasteiger partial charge in [0.1, 0.15) is 12.4 Å². The lowest BCUT2D eigenvalue weighted by molar-refractivity contribution is -0.129. The van der Waals surface area contributed by atoms with E-state index >= 15 is 0 Å². The summed E-state index contributed by atoms with van der Waals surface area (Å²) in [5, 5.41) is 0. The normalized spacial score (nSPS) is 10.8. The number of fused-ring (bicyclic) bond motifs is 1. The van der Waals surface area contributed by atoms with Gasteiger partial charge in [0.05, 0.1) is 12.3 Å². The summed E-state index contributed by atoms with van der Waals surface area (Å²) in [6, 6.07) is 3.72. The van der Waals surface area contributed by atoms with Gasteiger partial charge in [0.15, 0.2) is 11.4 Å². The Morgan fingerprint density at radius 3 is 2.56 bits per heavy atom. The molecule has 0 spiro atoms. The van der Waals surface area contributed by atoms with Crippen LogP contribution in [0.5, 0.6) is 5.75 Å². The molecule has 0 atom stereocenters. The number of hydrogen-bond acceptors (Lipinski definition) is 4. The maximum absolute atomic E-state index is 12.3. The van der Waals surface area contributed by atoms with Gasteiger partial charge in [-0.2, -0.15) is 0 Å². The number of imidazole rings is 1. The molecule has 0 unspecified atom stereocenters. The topological polar surface area (TPSA) is 67.2 Å². The molecule has 0 aliphatic heterocycles. The molecule has 7 nitrogen and oxygen atoms in total. The molecule has 136 valence electrons. The minimum atomic E-state index is -0.202. The number of amides is 2. The zero-order valence-corrected chi connectivity index (χ0v) is 15.6. The number of aromatic nitrogens is 2. The number of rotatable bonds is 7. The van der Waals surface area contributed by atoms with Crippen LogP contribution in [0.3, 0.4) is 0 Å². The van der Waals surface area contributed by atoms with Gasteiger partial charge >= 0.3 is 0 Å². The van der Waals surface area contributed by atoms with E-state index < -0.39 is 0 Å². The van der Waals surface area contributed by atoms with Crippen LogP contribution < -0.4 is 9.64 Å². The molecule has 0 N–H and O–H groups in total. The van der Waals surface area contributed by atoms with Gasteiger partial charge in [-0.05, 0) is 25.0 Å². The van der Waals surface area contributed by atoms with E-state index in [2.05, 4.69) is 4.98 Å². The first-order valence-electron chi connectivity index (χ1n) is 8.51. The van der Waals surface area contributed by atoms with Crippen LogP contribution >= 0.6 is 0 Å². The maximum Gasteiger partial charge on any atom is 0.242 e. The smallest absolute Gasteiger partial charge is 0.242 e. The quantitative estimate of drug-likeness (QED) is 0.770. The first-order chi connectivity index (χ1) is 11.9. The standard InChI is InChI=1S/C18H26N4O3/c1-6-11-25-15-9-8-10-21-17(15)19-14(7-2)18(21)22(13(3)23)12-16(24)20(4)5/h8-10H,6-7,11-12H2,1-5H3. The maximum atomic E-state index is 12.3. The molecule has 7 heteroatoms. The average molecular weight is 346 g/mol. The second-order valence-corrected chi connectivity index (χ2v) is 6.04. The lowest BCUT2D eigenvalue weighted by Gasteiger charge is -2.23. The van der Waals surface area contributed by atoms with E-state index in [9.17, 15) is 9.59 Å². The molecule has 2 aromatic heterocycles. The van der Waals surface area contributed by atoms with Crippen molar-refractivity contribution in [1.29, 1.82) is 0 Å². The molecule has 0 saturated carbocycles. The van der Waals surface area contributed by atoms with E-state index in [0.717, 1.165) is 12.1 Å². The number of anilines is 1. The van der Waals surface area contributed by atoms with E-state index in [-0.39, 0.29) is 18.4 Å². The summed E-state index contributed by atoms with van der Waals surface area (Å²) in [6.07, 6.45) is 3.38. The third-order valence-electron chi connectivity index (χ3n) is 3.88. The van der Waals surface area contributed by atoms with Gasteiger partial charge in [-0.15, -0.1) is 0 Å². The second-order valence-electron chi connectivity index (χ2n) is 6.04. The summed E-state index contributed by atoms with van der Waals surface area (Å²) in [7, 11) is 3.35. The lowest BCUT2D eigenvalue weighted by atomic mass is 10.3. The van der Waals surface area contributed by atoms with E-state index in [1.54, 1.807) is 14.1 Å². The highest BCUT2D eigenvalue weighted by molar-refractivity contribution is 5.97. The molecular formula is C18H26N4O3. The predicted molar refractivity (Wildman–Crippen MR) is 97.1 cm³/mol. The van der Waals surface area contributed by atoms with Crippen LogP contribution in [0.4, 0.5) is 5.82 Å². The summed E-state index contributed by atoms with van der Waals surface area (Å²) < 4.78 is 7.61. The number of hydrogen-bond donors (Lipinski definition) is 0. The van der Waals surface area contributed by atoms with Gasteiger partial charge in [-0.3, -0.25) is 18.9 Å². The van der Waals surface area contributed by atoms with Crippen LogP contribution in [0.2, 0.25) is 0 Å². The second kappa shape index (κ2) is 8.00. The summed E-state index contributed by atoms with van der Waals surface area (Å²) in [5.74, 6) is 0.951. The highest BCUT2D eigenvalue weighted by Gasteiger charge is 2.25. The van der Waals surface area contributed by atoms with Crippen LogP contribution in [0.15, 0.2) is 18.3 Å². The molecule has 0 aromatic carbocycles. The molecule has 2 aromatic rings. The fraction of sp³-hybridized carbons (Fsp3) is 0.500. The Balaban J connectivity index is 2.57. The van der Waals surface area contributed by atoms with Crippen molar-refractivity contribution >= 4 is 23.3 Å². The average Bonchev–Trinajstić information content (AvgIpc) is 2.96. The number of carbonyl (C=O) groups excluding carboxylic acids is 2. The molecule has 2 heterocycles. The van der Waals surface area contributed by atoms with Gasteiger partial charge in [0, 0.05) is 27.2 Å². The highest BCUT2D eigenvalue weighted by Crippen LogP contribution is 2.28. The van der Waals surface area contributed by atoms with Crippen molar-refractivity contribution in [3.63, 3.8) is 0 Å². The Morgan fingerprint density at radius 1 is 1.28 bits per heavy atom. The van der Waals surface area contributed by atoms with Crippen molar-refractivity contribution in [2.24, 2.45) is 0 Å². The minimum absolute atomic E-state index is 0.0246. The van der Waals surface area contributed by atoms with Gasteiger partial charge < -0.3 is 9.64 Å². The van der Waals surface area contributed by atoms with Crippen LogP contribution in [0.25, 0.3) is 5.65 Å². The first-order valence-corrected chi connectivity index (χ1v) is 8.51. The third kappa shape index (κ3) is 3.92. The highest BCUT2D eigenvalue weighted by atomic mass is 16.5. The van der Waals surface area contributed by atoms with Gasteiger partial charge in [0.2, 0.25) is 11.8 Å². The molecule has 25 heavy (non-hydrogen) atoms. The molecule has 0 saturated heterocycles. The van der Waals surface area contributed by atoms with Crippen LogP contribution in [0.1, 0.15) is 32.9 Å². The first kappa shape index (κ1) is 18.8. The summed E-state index contributed by atoms with van der Waals surface area (Å²) in [4.78, 5) is 32.0. The summed E-state index contributed by atoms with van der Waals surface area (Å²) in [5.41, 5.74) is 1.42. The number of nitrogens with zero attached hydrogens (tertiary/aromatic N) is 4. The number of pyridine rings is 1. The van der Waals surface area contributed by atoms with Gasteiger partial charge in [-0.1, -0.05) is 13.8 Å². The van der Waals surface area contributed by atoms with E-state index in [1.807, 2.05) is 36.6 Å². The molecule has 0 radical (unpaired) electrons. The molecule has 0 fully saturated rings. The Morgan fingerprint density at radius 2 is 2.00 bits per heavy atom. The summed E-state index contributed by atoms with van der Waals surface area (Å²) >= 11 is 0. The molecule has 0 aliphatic carbocycles. The van der Waals surface area contributed by atoms with Crippen LogP contribution in [-0.4, -0.2) is 53.3 Å². The molecule has 2 rings (SSSR count). The van der Waals surface area contributed by atoms with Crippen molar-refractivity contribution in [1.82, 2.24) is 14.3 Å². The fourth-order valence-corrected chi connectivity index (χ4v) is 2.54. The molecular weight excluding hydrogens is 320 g/mol. The SMILES string of the molecule is CCCOc1cccn2c(N(CC(=O)N(C)C)C(C)=O)c(CC)nc12. The Hall–Kier alpha value is -2.57. The molecule has 0 bridgehead atoms. The summed E-state index contributed by atoms with van der Waals surface area (Å²) in [6.45, 7) is 6.05. The molecule has 2 amide bonds. The van der Waals surface area contributed by atoms with Crippen molar-refractivity contribution in [3.8, 4) is 5.75 Å². The Bertz CT molecular complexity index is 767. The van der Waals surface area contributed by atoms with E-state index in [1.165, 1.54) is 16.7 Å². The fourth-order valence-electron chi connectivity index (χ4n) is 2.54. The molecule has 0 aliphatic rings. The third-order valence-corrected chi connectivity index (χ3v) is 3.88. The number of likely N-dealkylation sites (N-methyl/N-ethyl adjacent to an activating group) is 1. The van der Waals surface area contributed by atoms with E-state index in [0.29, 0.717) is 30.2 Å². The van der Waals surface area contributed by atoms with Crippen LogP contribution in [-0.2, 0) is 16.0 Å². The zero-order valence-electron chi connectivity index (χ0n) is 15.6. The zero-order chi connectivity index (χ0) is 18.6. The van der Waals surface area contributed by atoms with Gasteiger partial charge in [0.25, 0.3) is 0 Å². The van der Waals surface area contributed by atoms with Crippen molar-refractivity contribution in [3.05, 3.63) is 24.0 Å². The van der Waals surface area contributed by atoms with Crippen molar-refractivity contribution < 1.29 is 14.3 Å². The number of aryl methyl sites for hydroxylation is 1. The van der Waals surface area contributed by atoms with Crippen molar-refractivity contribution in [2.75, 3.05) is 32.1 Å². The van der Waals surface area contributed by atoms with Crippen molar-refractivity contribution in [2.45, 2.75) is 33.6 Å². The van der Waals surface area contributed by atoms with Crippen LogP contribution in [0, 0.1) is 0 Å². The largest absolute Gasteiger partial charge is 0.490 e. The Labute approximate surface area is 148 Å². The van der Waals surface area contributed by atoms with E-state index in [4.69, 9.17) is 4.74 Å². The predicted octanol–water partition coefficient (Wildman–Crippen LogP) is 2.13.